The van der Waals surface area contributed by atoms with Gasteiger partial charge in [-0.2, -0.15) is 18.3 Å². The zero-order chi connectivity index (χ0) is 17.7. The molecule has 128 valence electrons. The zero-order valence-electron chi connectivity index (χ0n) is 13.0. The first-order valence-electron chi connectivity index (χ1n) is 7.10. The third-order valence-corrected chi connectivity index (χ3v) is 3.33. The summed E-state index contributed by atoms with van der Waals surface area (Å²) in [4.78, 5) is 3.97. The summed E-state index contributed by atoms with van der Waals surface area (Å²) in [5.41, 5.74) is 7.18. The molecule has 2 heterocycles. The molecule has 0 saturated heterocycles. The van der Waals surface area contributed by atoms with Gasteiger partial charge in [0.25, 0.3) is 0 Å². The first kappa shape index (κ1) is 17.6. The molecule has 1 aromatic heterocycles. The lowest BCUT2D eigenvalue weighted by Crippen LogP contribution is -2.16. The number of nitrogens with two attached hydrogens (primary N) is 2. The lowest BCUT2D eigenvalue weighted by atomic mass is 10.1. The molecular formula is C16H17F3N4O. The maximum Gasteiger partial charge on any atom is 0.416 e. The first-order chi connectivity index (χ1) is 11.3. The number of ether oxygens (including phenoxy) is 1. The second kappa shape index (κ2) is 7.20. The molecule has 1 aromatic carbocycles. The topological polar surface area (TPSA) is 86.5 Å². The smallest absolute Gasteiger partial charge is 0.416 e. The molecule has 0 bridgehead atoms. The molecular weight excluding hydrogens is 321 g/mol. The predicted octanol–water partition coefficient (Wildman–Crippen LogP) is 2.61. The standard InChI is InChI=1S/C9H7F3O.C7H10N4/c10-9(11,12)7-1-2-8-6(5-7)3-4-13-8;1-5-2-3-10-6(4-5)7(8)11-9/h1-2,5H,3-4H2;2-4H,9H2,1H3,(H2,8,11). The number of fused-ring (bicyclic) bond motifs is 1. The summed E-state index contributed by atoms with van der Waals surface area (Å²) in [5, 5.41) is 3.33. The van der Waals surface area contributed by atoms with E-state index in [2.05, 4.69) is 10.1 Å². The Morgan fingerprint density at radius 2 is 2.00 bits per heavy atom. The Morgan fingerprint density at radius 3 is 2.62 bits per heavy atom. The largest absolute Gasteiger partial charge is 0.493 e. The SMILES string of the molecule is Cc1ccnc(/C(N)=N/N)c1.FC(F)(F)c1ccc2c(c1)CCO2. The van der Waals surface area contributed by atoms with Crippen molar-refractivity contribution >= 4 is 5.84 Å². The van der Waals surface area contributed by atoms with E-state index in [9.17, 15) is 13.2 Å². The van der Waals surface area contributed by atoms with Crippen LogP contribution in [0.5, 0.6) is 5.75 Å². The van der Waals surface area contributed by atoms with Crippen LogP contribution in [0, 0.1) is 6.92 Å². The Morgan fingerprint density at radius 1 is 1.25 bits per heavy atom. The van der Waals surface area contributed by atoms with E-state index in [0.29, 0.717) is 30.0 Å². The van der Waals surface area contributed by atoms with Crippen LogP contribution in [0.15, 0.2) is 41.6 Å². The van der Waals surface area contributed by atoms with Crippen LogP contribution in [0.25, 0.3) is 0 Å². The normalized spacial score (nSPS) is 13.6. The van der Waals surface area contributed by atoms with Gasteiger partial charge in [0, 0.05) is 12.6 Å². The van der Waals surface area contributed by atoms with E-state index >= 15 is 0 Å². The highest BCUT2D eigenvalue weighted by Gasteiger charge is 2.31. The van der Waals surface area contributed by atoms with Crippen LogP contribution < -0.4 is 16.3 Å². The van der Waals surface area contributed by atoms with E-state index in [4.69, 9.17) is 16.3 Å². The van der Waals surface area contributed by atoms with E-state index in [1.54, 1.807) is 6.20 Å². The summed E-state index contributed by atoms with van der Waals surface area (Å²) in [6, 6.07) is 7.29. The molecule has 0 atom stereocenters. The van der Waals surface area contributed by atoms with Gasteiger partial charge in [-0.25, -0.2) is 0 Å². The summed E-state index contributed by atoms with van der Waals surface area (Å²) in [5.74, 6) is 5.81. The number of rotatable bonds is 1. The van der Waals surface area contributed by atoms with Crippen LogP contribution in [-0.4, -0.2) is 17.4 Å². The Hall–Kier alpha value is -2.77. The Balaban J connectivity index is 0.000000177. The zero-order valence-corrected chi connectivity index (χ0v) is 13.0. The summed E-state index contributed by atoms with van der Waals surface area (Å²) < 4.78 is 41.7. The van der Waals surface area contributed by atoms with Crippen LogP contribution in [0.3, 0.4) is 0 Å². The first-order valence-corrected chi connectivity index (χ1v) is 7.10. The third-order valence-electron chi connectivity index (χ3n) is 3.33. The molecule has 0 unspecified atom stereocenters. The fourth-order valence-electron chi connectivity index (χ4n) is 2.11. The minimum Gasteiger partial charge on any atom is -0.493 e. The monoisotopic (exact) mass is 338 g/mol. The highest BCUT2D eigenvalue weighted by atomic mass is 19.4. The molecule has 5 nitrogen and oxygen atoms in total. The molecule has 24 heavy (non-hydrogen) atoms. The third kappa shape index (κ3) is 4.37. The molecule has 2 aromatic rings. The van der Waals surface area contributed by atoms with Crippen molar-refractivity contribution in [2.75, 3.05) is 6.61 Å². The Labute approximate surface area is 137 Å². The predicted molar refractivity (Wildman–Crippen MR) is 84.5 cm³/mol. The van der Waals surface area contributed by atoms with E-state index in [0.717, 1.165) is 17.7 Å². The van der Waals surface area contributed by atoms with Gasteiger partial charge >= 0.3 is 6.18 Å². The van der Waals surface area contributed by atoms with Crippen molar-refractivity contribution < 1.29 is 17.9 Å². The van der Waals surface area contributed by atoms with E-state index < -0.39 is 11.7 Å². The lowest BCUT2D eigenvalue weighted by Gasteiger charge is -2.07. The molecule has 3 rings (SSSR count). The number of alkyl halides is 3. The number of aryl methyl sites for hydroxylation is 1. The molecule has 0 radical (unpaired) electrons. The number of benzene rings is 1. The number of hydrogen-bond donors (Lipinski definition) is 2. The van der Waals surface area contributed by atoms with Crippen molar-refractivity contribution in [3.05, 3.63) is 58.9 Å². The average molecular weight is 338 g/mol. The Bertz CT molecular complexity index is 744. The molecule has 8 heteroatoms. The Kier molecular flexibility index (Phi) is 5.28. The number of hydrazone groups is 1. The van der Waals surface area contributed by atoms with Crippen LogP contribution in [-0.2, 0) is 12.6 Å². The van der Waals surface area contributed by atoms with Gasteiger partial charge in [0.2, 0.25) is 0 Å². The molecule has 0 saturated carbocycles. The van der Waals surface area contributed by atoms with E-state index in [-0.39, 0.29) is 5.84 Å². The minimum absolute atomic E-state index is 0.258. The van der Waals surface area contributed by atoms with Crippen molar-refractivity contribution in [3.8, 4) is 5.75 Å². The maximum atomic E-state index is 12.2. The van der Waals surface area contributed by atoms with Gasteiger partial charge in [0.05, 0.1) is 12.2 Å². The highest BCUT2D eigenvalue weighted by molar-refractivity contribution is 5.95. The molecule has 1 aliphatic heterocycles. The summed E-state index contributed by atoms with van der Waals surface area (Å²) in [6.45, 7) is 2.44. The fraction of sp³-hybridized carbons (Fsp3) is 0.250. The second-order valence-electron chi connectivity index (χ2n) is 5.15. The van der Waals surface area contributed by atoms with Gasteiger partial charge in [-0.1, -0.05) is 0 Å². The summed E-state index contributed by atoms with van der Waals surface area (Å²) in [6.07, 6.45) is -2.01. The van der Waals surface area contributed by atoms with Crippen LogP contribution in [0.4, 0.5) is 13.2 Å². The molecule has 0 spiro atoms. The van der Waals surface area contributed by atoms with E-state index in [1.165, 1.54) is 6.07 Å². The van der Waals surface area contributed by atoms with Gasteiger partial charge in [-0.05, 0) is 48.4 Å². The second-order valence-corrected chi connectivity index (χ2v) is 5.15. The van der Waals surface area contributed by atoms with Gasteiger partial charge in [-0.15, -0.1) is 0 Å². The minimum atomic E-state index is -4.25. The van der Waals surface area contributed by atoms with Gasteiger partial charge < -0.3 is 16.3 Å². The van der Waals surface area contributed by atoms with Crippen LogP contribution >= 0.6 is 0 Å². The maximum absolute atomic E-state index is 12.2. The van der Waals surface area contributed by atoms with Crippen molar-refractivity contribution in [2.24, 2.45) is 16.7 Å². The van der Waals surface area contributed by atoms with Crippen molar-refractivity contribution in [3.63, 3.8) is 0 Å². The molecule has 0 amide bonds. The lowest BCUT2D eigenvalue weighted by molar-refractivity contribution is -0.137. The quantitative estimate of drug-likeness (QED) is 0.362. The number of halogens is 3. The summed E-state index contributed by atoms with van der Waals surface area (Å²) >= 11 is 0. The van der Waals surface area contributed by atoms with Crippen molar-refractivity contribution in [2.45, 2.75) is 19.5 Å². The van der Waals surface area contributed by atoms with E-state index in [1.807, 2.05) is 19.1 Å². The molecule has 0 aliphatic carbocycles. The number of nitrogens with zero attached hydrogens (tertiary/aromatic N) is 2. The van der Waals surface area contributed by atoms with Gasteiger partial charge in [-0.3, -0.25) is 4.98 Å². The van der Waals surface area contributed by atoms with Gasteiger partial charge in [0.15, 0.2) is 5.84 Å². The van der Waals surface area contributed by atoms with Crippen LogP contribution in [0.2, 0.25) is 0 Å². The highest BCUT2D eigenvalue weighted by Crippen LogP contribution is 2.34. The number of amidine groups is 1. The number of aromatic nitrogens is 1. The number of hydrogen-bond acceptors (Lipinski definition) is 4. The molecule has 0 fully saturated rings. The fourth-order valence-corrected chi connectivity index (χ4v) is 2.11. The average Bonchev–Trinajstić information content (AvgIpc) is 3.01. The van der Waals surface area contributed by atoms with Crippen molar-refractivity contribution in [1.29, 1.82) is 0 Å². The number of pyridine rings is 1. The molecule has 4 N–H and O–H groups in total. The summed E-state index contributed by atoms with van der Waals surface area (Å²) in [7, 11) is 0. The molecule has 1 aliphatic rings. The van der Waals surface area contributed by atoms with Crippen molar-refractivity contribution in [1.82, 2.24) is 4.98 Å². The van der Waals surface area contributed by atoms with Gasteiger partial charge in [0.1, 0.15) is 11.4 Å². The van der Waals surface area contributed by atoms with Crippen LogP contribution in [0.1, 0.15) is 22.4 Å².